The summed E-state index contributed by atoms with van der Waals surface area (Å²) in [7, 11) is 0. The minimum absolute atomic E-state index is 0.0121. The van der Waals surface area contributed by atoms with Gasteiger partial charge in [-0.05, 0) is 24.1 Å². The number of hydrogen-bond donors (Lipinski definition) is 1. The monoisotopic (exact) mass is 467 g/mol. The molecule has 2 rings (SSSR count). The number of anilines is 1. The molecule has 11 heteroatoms. The van der Waals surface area contributed by atoms with Gasteiger partial charge in [0, 0.05) is 33.4 Å². The molecule has 1 fully saturated rings. The first-order chi connectivity index (χ1) is 15.5. The van der Waals surface area contributed by atoms with Gasteiger partial charge in [0.25, 0.3) is 0 Å². The first-order valence-electron chi connectivity index (χ1n) is 10.2. The van der Waals surface area contributed by atoms with E-state index in [2.05, 4.69) is 0 Å². The number of hydrogen-bond acceptors (Lipinski definition) is 11. The van der Waals surface area contributed by atoms with Crippen molar-refractivity contribution >= 4 is 29.6 Å². The van der Waals surface area contributed by atoms with Gasteiger partial charge in [0.05, 0.1) is 6.61 Å². The zero-order valence-corrected chi connectivity index (χ0v) is 19.2. The van der Waals surface area contributed by atoms with Crippen molar-refractivity contribution in [1.82, 2.24) is 0 Å². The fraction of sp³-hybridized carbons (Fsp3) is 0.545. The van der Waals surface area contributed by atoms with E-state index in [4.69, 9.17) is 34.2 Å². The zero-order valence-electron chi connectivity index (χ0n) is 19.2. The van der Waals surface area contributed by atoms with Crippen LogP contribution in [0, 0.1) is 6.92 Å². The number of carbonyl (C=O) groups is 4. The normalized spacial score (nSPS) is 24.5. The Hall–Kier alpha value is -3.18. The van der Waals surface area contributed by atoms with Gasteiger partial charge < -0.3 is 34.2 Å². The topological polar surface area (TPSA) is 150 Å². The predicted molar refractivity (Wildman–Crippen MR) is 112 cm³/mol. The number of esters is 4. The van der Waals surface area contributed by atoms with Gasteiger partial charge in [0.1, 0.15) is 12.7 Å². The zero-order chi connectivity index (χ0) is 24.7. The standard InChI is InChI=1S/C22H29NO10/c1-11-6-7-16(8-17(11)23)9-29-22-21(32-15(5)27)20(31-14(4)26)19(30-13(3)25)18(33-22)10-28-12(2)24/h6-8,18-22H,9-10,23H2,1-5H3/t18-,19-,20+,21-,22-/m1/s1. The molecule has 1 aliphatic heterocycles. The maximum atomic E-state index is 11.8. The van der Waals surface area contributed by atoms with Crippen LogP contribution in [0.3, 0.4) is 0 Å². The van der Waals surface area contributed by atoms with Crippen LogP contribution in [0.25, 0.3) is 0 Å². The van der Waals surface area contributed by atoms with Crippen molar-refractivity contribution in [2.75, 3.05) is 12.3 Å². The molecule has 5 atom stereocenters. The molecule has 2 N–H and O–H groups in total. The maximum absolute atomic E-state index is 11.8. The molecule has 1 aliphatic rings. The second kappa shape index (κ2) is 11.6. The first kappa shape index (κ1) is 26.1. The molecule has 0 spiro atoms. The quantitative estimate of drug-likeness (QED) is 0.333. The van der Waals surface area contributed by atoms with E-state index < -0.39 is 54.6 Å². The highest BCUT2D eigenvalue weighted by Crippen LogP contribution is 2.30. The van der Waals surface area contributed by atoms with Gasteiger partial charge in [0.2, 0.25) is 0 Å². The van der Waals surface area contributed by atoms with E-state index in [1.807, 2.05) is 13.0 Å². The van der Waals surface area contributed by atoms with E-state index in [-0.39, 0.29) is 13.2 Å². The minimum Gasteiger partial charge on any atom is -0.463 e. The summed E-state index contributed by atoms with van der Waals surface area (Å²) >= 11 is 0. The molecule has 0 bridgehead atoms. The van der Waals surface area contributed by atoms with Gasteiger partial charge in [0.15, 0.2) is 24.6 Å². The molecule has 33 heavy (non-hydrogen) atoms. The van der Waals surface area contributed by atoms with E-state index in [9.17, 15) is 19.2 Å². The van der Waals surface area contributed by atoms with Gasteiger partial charge in [-0.15, -0.1) is 0 Å². The lowest BCUT2D eigenvalue weighted by Gasteiger charge is -2.44. The number of nitrogens with two attached hydrogens (primary N) is 1. The smallest absolute Gasteiger partial charge is 0.303 e. The molecule has 1 saturated heterocycles. The van der Waals surface area contributed by atoms with Gasteiger partial charge in [-0.1, -0.05) is 12.1 Å². The van der Waals surface area contributed by atoms with Crippen LogP contribution in [0.1, 0.15) is 38.8 Å². The van der Waals surface area contributed by atoms with Crippen molar-refractivity contribution in [2.24, 2.45) is 0 Å². The van der Waals surface area contributed by atoms with E-state index in [0.29, 0.717) is 11.3 Å². The molecule has 0 radical (unpaired) electrons. The third kappa shape index (κ3) is 7.72. The maximum Gasteiger partial charge on any atom is 0.303 e. The Kier molecular flexibility index (Phi) is 9.18. The lowest BCUT2D eigenvalue weighted by atomic mass is 9.98. The Morgan fingerprint density at radius 3 is 2.00 bits per heavy atom. The van der Waals surface area contributed by atoms with Crippen LogP contribution in [-0.2, 0) is 54.2 Å². The summed E-state index contributed by atoms with van der Waals surface area (Å²) in [5, 5.41) is 0. The van der Waals surface area contributed by atoms with E-state index in [1.165, 1.54) is 6.92 Å². The van der Waals surface area contributed by atoms with Gasteiger partial charge >= 0.3 is 23.9 Å². The van der Waals surface area contributed by atoms with Crippen LogP contribution in [0.4, 0.5) is 5.69 Å². The second-order valence-corrected chi connectivity index (χ2v) is 7.57. The molecule has 11 nitrogen and oxygen atoms in total. The number of ether oxygens (including phenoxy) is 6. The lowest BCUT2D eigenvalue weighted by Crippen LogP contribution is -2.62. The predicted octanol–water partition coefficient (Wildman–Crippen LogP) is 1.18. The molecule has 1 aromatic rings. The average molecular weight is 467 g/mol. The minimum atomic E-state index is -1.28. The summed E-state index contributed by atoms with van der Waals surface area (Å²) in [5.41, 5.74) is 8.12. The van der Waals surface area contributed by atoms with Crippen LogP contribution >= 0.6 is 0 Å². The largest absolute Gasteiger partial charge is 0.463 e. The van der Waals surface area contributed by atoms with E-state index in [0.717, 1.165) is 26.3 Å². The molecule has 0 aliphatic carbocycles. The highest BCUT2D eigenvalue weighted by molar-refractivity contribution is 5.68. The Labute approximate surface area is 191 Å². The van der Waals surface area contributed by atoms with Gasteiger partial charge in [-0.25, -0.2) is 0 Å². The van der Waals surface area contributed by atoms with E-state index >= 15 is 0 Å². The Balaban J connectivity index is 2.37. The third-order valence-corrected chi connectivity index (χ3v) is 4.71. The third-order valence-electron chi connectivity index (χ3n) is 4.71. The lowest BCUT2D eigenvalue weighted by molar-refractivity contribution is -0.310. The Morgan fingerprint density at radius 1 is 0.879 bits per heavy atom. The van der Waals surface area contributed by atoms with Crippen molar-refractivity contribution in [1.29, 1.82) is 0 Å². The molecule has 0 unspecified atom stereocenters. The van der Waals surface area contributed by atoms with E-state index in [1.54, 1.807) is 12.1 Å². The Bertz CT molecular complexity index is 886. The summed E-state index contributed by atoms with van der Waals surface area (Å²) in [6.45, 7) is 6.21. The van der Waals surface area contributed by atoms with Crippen LogP contribution < -0.4 is 5.73 Å². The molecular formula is C22H29NO10. The van der Waals surface area contributed by atoms with Gasteiger partial charge in [-0.2, -0.15) is 0 Å². The van der Waals surface area contributed by atoms with Crippen molar-refractivity contribution < 1.29 is 47.6 Å². The summed E-state index contributed by atoms with van der Waals surface area (Å²) in [4.78, 5) is 46.7. The SMILES string of the molecule is CC(=O)OC[C@H]1O[C@@H](OCc2ccc(C)c(N)c2)[C@H](OC(C)=O)[C@@H](OC(C)=O)[C@@H]1OC(C)=O. The van der Waals surface area contributed by atoms with Crippen LogP contribution in [0.15, 0.2) is 18.2 Å². The summed E-state index contributed by atoms with van der Waals surface area (Å²) < 4.78 is 32.8. The number of rotatable bonds is 8. The van der Waals surface area contributed by atoms with Crippen molar-refractivity contribution in [3.63, 3.8) is 0 Å². The number of aryl methyl sites for hydroxylation is 1. The van der Waals surface area contributed by atoms with Crippen molar-refractivity contribution in [2.45, 2.75) is 71.9 Å². The Morgan fingerprint density at radius 2 is 1.45 bits per heavy atom. The highest BCUT2D eigenvalue weighted by Gasteiger charge is 2.52. The van der Waals surface area contributed by atoms with Crippen molar-refractivity contribution in [3.05, 3.63) is 29.3 Å². The average Bonchev–Trinajstić information content (AvgIpc) is 2.70. The number of nitrogen functional groups attached to an aromatic ring is 1. The fourth-order valence-electron chi connectivity index (χ4n) is 3.28. The summed E-state index contributed by atoms with van der Waals surface area (Å²) in [6, 6.07) is 5.35. The van der Waals surface area contributed by atoms with Crippen LogP contribution in [0.5, 0.6) is 0 Å². The van der Waals surface area contributed by atoms with Crippen LogP contribution in [0.2, 0.25) is 0 Å². The molecule has 182 valence electrons. The number of benzene rings is 1. The van der Waals surface area contributed by atoms with Crippen LogP contribution in [-0.4, -0.2) is 61.2 Å². The molecule has 1 heterocycles. The molecule has 0 amide bonds. The molecular weight excluding hydrogens is 438 g/mol. The first-order valence-corrected chi connectivity index (χ1v) is 10.2. The van der Waals surface area contributed by atoms with Gasteiger partial charge in [-0.3, -0.25) is 19.2 Å². The summed E-state index contributed by atoms with van der Waals surface area (Å²) in [6.07, 6.45) is -6.09. The molecule has 0 saturated carbocycles. The molecule has 1 aromatic carbocycles. The number of carbonyl (C=O) groups excluding carboxylic acids is 4. The fourth-order valence-corrected chi connectivity index (χ4v) is 3.28. The molecule has 0 aromatic heterocycles. The van der Waals surface area contributed by atoms with Crippen molar-refractivity contribution in [3.8, 4) is 0 Å². The summed E-state index contributed by atoms with van der Waals surface area (Å²) in [5.74, 6) is -2.72. The second-order valence-electron chi connectivity index (χ2n) is 7.57. The highest BCUT2D eigenvalue weighted by atomic mass is 16.7.